The van der Waals surface area contributed by atoms with Crippen molar-refractivity contribution in [3.05, 3.63) is 0 Å². The van der Waals surface area contributed by atoms with Crippen LogP contribution in [0, 0.1) is 0 Å². The molecule has 138 valence electrons. The second kappa shape index (κ2) is 13.0. The third-order valence-electron chi connectivity index (χ3n) is 3.51. The van der Waals surface area contributed by atoms with E-state index in [2.05, 4.69) is 4.74 Å². The van der Waals surface area contributed by atoms with Crippen LogP contribution in [0.3, 0.4) is 0 Å². The highest BCUT2D eigenvalue weighted by atomic mass is 19.3. The predicted molar refractivity (Wildman–Crippen MR) is 80.6 cm³/mol. The number of rotatable bonds is 0. The molecule has 4 fully saturated rings. The van der Waals surface area contributed by atoms with Crippen molar-refractivity contribution < 1.29 is 32.1 Å². The van der Waals surface area contributed by atoms with Gasteiger partial charge in [0.25, 0.3) is 0 Å². The van der Waals surface area contributed by atoms with Gasteiger partial charge in [0.2, 0.25) is 0 Å². The Balaban J connectivity index is 0.000000157. The van der Waals surface area contributed by atoms with Gasteiger partial charge in [-0.1, -0.05) is 0 Å². The van der Waals surface area contributed by atoms with Crippen LogP contribution >= 0.6 is 0 Å². The maximum Gasteiger partial charge on any atom is 0.386 e. The van der Waals surface area contributed by atoms with Gasteiger partial charge < -0.3 is 18.9 Å². The Bertz CT molecular complexity index is 221. The summed E-state index contributed by atoms with van der Waals surface area (Å²) in [6.45, 7) is 5.83. The summed E-state index contributed by atoms with van der Waals surface area (Å²) >= 11 is 0. The van der Waals surface area contributed by atoms with Gasteiger partial charge in [0.1, 0.15) is 0 Å². The molecule has 0 aliphatic carbocycles. The summed E-state index contributed by atoms with van der Waals surface area (Å²) in [6, 6.07) is 0. The van der Waals surface area contributed by atoms with Crippen molar-refractivity contribution in [3.8, 4) is 0 Å². The Hall–Kier alpha value is -0.370. The third kappa shape index (κ3) is 10.9. The van der Waals surface area contributed by atoms with Crippen LogP contribution in [-0.4, -0.2) is 58.5 Å². The summed E-state index contributed by atoms with van der Waals surface area (Å²) in [5.41, 5.74) is 0. The number of halogens is 3. The first-order valence-electron chi connectivity index (χ1n) is 8.52. The number of hydrogen-bond acceptors (Lipinski definition) is 4. The molecule has 1 atom stereocenters. The molecule has 0 saturated carbocycles. The molecule has 0 radical (unpaired) electrons. The lowest BCUT2D eigenvalue weighted by Crippen LogP contribution is -2.24. The van der Waals surface area contributed by atoms with Crippen LogP contribution in [0.15, 0.2) is 0 Å². The normalized spacial score (nSPS) is 28.0. The Morgan fingerprint density at radius 3 is 1.04 bits per heavy atom. The predicted octanol–water partition coefficient (Wildman–Crippen LogP) is 3.73. The van der Waals surface area contributed by atoms with E-state index in [1.54, 1.807) is 0 Å². The standard InChI is InChI=1S/C4H5F3O.3C4H8O/c5-3-1-2-8-4(3,6)7;3*1-2-4-5-3-1/h3H,1-2H2;3*1-4H2. The van der Waals surface area contributed by atoms with Crippen molar-refractivity contribution in [2.24, 2.45) is 0 Å². The highest BCUT2D eigenvalue weighted by Crippen LogP contribution is 2.31. The molecule has 4 rings (SSSR count). The average molecular weight is 342 g/mol. The van der Waals surface area contributed by atoms with Crippen LogP contribution in [0.2, 0.25) is 0 Å². The van der Waals surface area contributed by atoms with Gasteiger partial charge in [-0.15, -0.1) is 0 Å². The molecule has 1 unspecified atom stereocenters. The Morgan fingerprint density at radius 1 is 0.609 bits per heavy atom. The lowest BCUT2D eigenvalue weighted by atomic mass is 10.3. The van der Waals surface area contributed by atoms with Crippen molar-refractivity contribution in [3.63, 3.8) is 0 Å². The molecule has 7 heteroatoms. The molecule has 4 aliphatic heterocycles. The highest BCUT2D eigenvalue weighted by molar-refractivity contribution is 4.72. The fourth-order valence-electron chi connectivity index (χ4n) is 2.09. The van der Waals surface area contributed by atoms with Crippen LogP contribution in [0.25, 0.3) is 0 Å². The summed E-state index contributed by atoms with van der Waals surface area (Å²) in [4.78, 5) is 0. The van der Waals surface area contributed by atoms with E-state index in [0.717, 1.165) is 39.6 Å². The average Bonchev–Trinajstić information content (AvgIpc) is 3.37. The first-order chi connectivity index (χ1) is 11.1. The first-order valence-corrected chi connectivity index (χ1v) is 8.52. The molecule has 0 amide bonds. The monoisotopic (exact) mass is 342 g/mol. The highest BCUT2D eigenvalue weighted by Gasteiger charge is 2.46. The number of ether oxygens (including phenoxy) is 4. The minimum Gasteiger partial charge on any atom is -0.381 e. The van der Waals surface area contributed by atoms with Crippen molar-refractivity contribution in [1.82, 2.24) is 0 Å². The van der Waals surface area contributed by atoms with E-state index in [1.807, 2.05) is 0 Å². The van der Waals surface area contributed by atoms with E-state index in [4.69, 9.17) is 14.2 Å². The second-order valence-electron chi connectivity index (χ2n) is 5.62. The SMILES string of the molecule is C1CCOC1.C1CCOC1.C1CCOC1.FC1CCOC1(F)F. The largest absolute Gasteiger partial charge is 0.386 e. The third-order valence-corrected chi connectivity index (χ3v) is 3.51. The van der Waals surface area contributed by atoms with Crippen LogP contribution in [0.5, 0.6) is 0 Å². The lowest BCUT2D eigenvalue weighted by molar-refractivity contribution is -0.232. The van der Waals surface area contributed by atoms with E-state index < -0.39 is 12.3 Å². The maximum absolute atomic E-state index is 11.8. The number of hydrogen-bond donors (Lipinski definition) is 0. The topological polar surface area (TPSA) is 36.9 Å². The van der Waals surface area contributed by atoms with Gasteiger partial charge in [0, 0.05) is 46.1 Å². The molecule has 23 heavy (non-hydrogen) atoms. The molecule has 0 aromatic carbocycles. The minimum absolute atomic E-state index is 0.172. The van der Waals surface area contributed by atoms with E-state index >= 15 is 0 Å². The first kappa shape index (κ1) is 20.7. The zero-order valence-corrected chi connectivity index (χ0v) is 13.7. The van der Waals surface area contributed by atoms with Crippen molar-refractivity contribution in [2.45, 2.75) is 57.2 Å². The Morgan fingerprint density at radius 2 is 0.957 bits per heavy atom. The van der Waals surface area contributed by atoms with Gasteiger partial charge in [-0.2, -0.15) is 8.78 Å². The van der Waals surface area contributed by atoms with E-state index in [9.17, 15) is 13.2 Å². The summed E-state index contributed by atoms with van der Waals surface area (Å²) in [6.07, 6.45) is 1.87. The fraction of sp³-hybridized carbons (Fsp3) is 1.00. The van der Waals surface area contributed by atoms with Crippen LogP contribution in [0.1, 0.15) is 44.9 Å². The van der Waals surface area contributed by atoms with Gasteiger partial charge in [0.15, 0.2) is 6.17 Å². The molecule has 0 spiro atoms. The quantitative estimate of drug-likeness (QED) is 0.672. The fourth-order valence-corrected chi connectivity index (χ4v) is 2.09. The summed E-state index contributed by atoms with van der Waals surface area (Å²) < 4.78 is 53.9. The Kier molecular flexibility index (Phi) is 11.7. The van der Waals surface area contributed by atoms with Gasteiger partial charge >= 0.3 is 6.11 Å². The lowest BCUT2D eigenvalue weighted by Gasteiger charge is -2.07. The zero-order chi connectivity index (χ0) is 16.8. The molecule has 0 aromatic rings. The van der Waals surface area contributed by atoms with Crippen molar-refractivity contribution in [1.29, 1.82) is 0 Å². The molecule has 0 aromatic heterocycles. The Labute approximate surface area is 136 Å². The molecule has 0 bridgehead atoms. The van der Waals surface area contributed by atoms with Gasteiger partial charge in [0.05, 0.1) is 6.61 Å². The summed E-state index contributed by atoms with van der Waals surface area (Å²) in [5, 5.41) is 0. The van der Waals surface area contributed by atoms with E-state index in [1.165, 1.54) is 38.5 Å². The molecule has 4 saturated heterocycles. The molecule has 4 heterocycles. The van der Waals surface area contributed by atoms with Crippen LogP contribution < -0.4 is 0 Å². The van der Waals surface area contributed by atoms with Gasteiger partial charge in [-0.25, -0.2) is 4.39 Å². The van der Waals surface area contributed by atoms with Gasteiger partial charge in [-0.05, 0) is 38.5 Å². The molecule has 0 N–H and O–H groups in total. The zero-order valence-electron chi connectivity index (χ0n) is 13.7. The minimum atomic E-state index is -3.51. The number of alkyl halides is 3. The van der Waals surface area contributed by atoms with Crippen LogP contribution in [0.4, 0.5) is 13.2 Å². The summed E-state index contributed by atoms with van der Waals surface area (Å²) in [5.74, 6) is 0. The van der Waals surface area contributed by atoms with Crippen molar-refractivity contribution in [2.75, 3.05) is 46.2 Å². The molecular formula is C16H29F3O4. The van der Waals surface area contributed by atoms with Gasteiger partial charge in [-0.3, -0.25) is 0 Å². The van der Waals surface area contributed by atoms with Crippen LogP contribution in [-0.2, 0) is 18.9 Å². The van der Waals surface area contributed by atoms with E-state index in [-0.39, 0.29) is 13.0 Å². The smallest absolute Gasteiger partial charge is 0.381 e. The molecular weight excluding hydrogens is 313 g/mol. The molecule has 4 nitrogen and oxygen atoms in total. The maximum atomic E-state index is 11.8. The second-order valence-corrected chi connectivity index (χ2v) is 5.62. The molecule has 4 aliphatic rings. The van der Waals surface area contributed by atoms with Crippen molar-refractivity contribution >= 4 is 0 Å². The summed E-state index contributed by atoms with van der Waals surface area (Å²) in [7, 11) is 0. The van der Waals surface area contributed by atoms with E-state index in [0.29, 0.717) is 0 Å².